The molecule has 0 radical (unpaired) electrons. The number of aliphatic hydroxyl groups excluding tert-OH is 2. The Bertz CT molecular complexity index is 1100. The summed E-state index contributed by atoms with van der Waals surface area (Å²) in [5.74, 6) is -0.110. The molecule has 0 aliphatic rings. The second kappa shape index (κ2) is 57.7. The molecule has 68 heavy (non-hydrogen) atoms. The molecule has 400 valence electrons. The van der Waals surface area contributed by atoms with Gasteiger partial charge in [0.05, 0.1) is 25.4 Å². The van der Waals surface area contributed by atoms with E-state index in [1.54, 1.807) is 6.08 Å². The molecule has 2 unspecified atom stereocenters. The third-order valence-corrected chi connectivity index (χ3v) is 13.9. The number of unbranched alkanes of at least 4 members (excludes halogenated alkanes) is 42. The van der Waals surface area contributed by atoms with Crippen molar-refractivity contribution in [2.24, 2.45) is 0 Å². The number of nitrogens with one attached hydrogen (secondary N) is 1. The molecule has 0 aromatic carbocycles. The molecule has 6 heteroatoms. The number of amides is 1. The molecule has 0 saturated heterocycles. The second-order valence-electron chi connectivity index (χ2n) is 20.7. The van der Waals surface area contributed by atoms with E-state index in [0.717, 1.165) is 77.0 Å². The number of rotatable bonds is 56. The highest BCUT2D eigenvalue weighted by atomic mass is 16.5. The van der Waals surface area contributed by atoms with E-state index in [9.17, 15) is 19.8 Å². The van der Waals surface area contributed by atoms with Gasteiger partial charge in [-0.3, -0.25) is 9.59 Å². The maximum absolute atomic E-state index is 12.5. The van der Waals surface area contributed by atoms with Gasteiger partial charge in [0.25, 0.3) is 0 Å². The Balaban J connectivity index is 3.54. The molecule has 0 fully saturated rings. The van der Waals surface area contributed by atoms with E-state index in [0.29, 0.717) is 19.4 Å². The van der Waals surface area contributed by atoms with Crippen LogP contribution < -0.4 is 5.32 Å². The number of aliphatic hydroxyl groups is 2. The number of esters is 1. The van der Waals surface area contributed by atoms with Gasteiger partial charge in [-0.2, -0.15) is 0 Å². The van der Waals surface area contributed by atoms with Crippen LogP contribution in [-0.2, 0) is 14.3 Å². The van der Waals surface area contributed by atoms with E-state index in [-0.39, 0.29) is 18.5 Å². The van der Waals surface area contributed by atoms with E-state index in [4.69, 9.17) is 4.74 Å². The summed E-state index contributed by atoms with van der Waals surface area (Å²) in [4.78, 5) is 24.5. The van der Waals surface area contributed by atoms with Crippen LogP contribution in [0, 0.1) is 0 Å². The van der Waals surface area contributed by atoms with Gasteiger partial charge in [0.15, 0.2) is 0 Å². The number of carbonyl (C=O) groups excluding carboxylic acids is 2. The zero-order valence-electron chi connectivity index (χ0n) is 45.6. The van der Waals surface area contributed by atoms with E-state index in [1.807, 2.05) is 6.08 Å². The SMILES string of the molecule is CCCCCCCCCCCCCCCCCCCCCCCC/C=C/C(O)C(CO)NC(=O)CCCCCCCC/C=C\C=C/CCCCCOC(=O)CCCCCCCCCCCCCC. The molecule has 0 aromatic rings. The molecule has 0 heterocycles. The predicted molar refractivity (Wildman–Crippen MR) is 296 cm³/mol. The minimum atomic E-state index is -0.860. The van der Waals surface area contributed by atoms with E-state index < -0.39 is 12.1 Å². The number of allylic oxidation sites excluding steroid dienone is 5. The molecule has 0 spiro atoms. The smallest absolute Gasteiger partial charge is 0.305 e. The molecule has 0 aromatic heterocycles. The van der Waals surface area contributed by atoms with Crippen LogP contribution in [0.15, 0.2) is 36.5 Å². The summed E-state index contributed by atoms with van der Waals surface area (Å²) in [5, 5.41) is 23.2. The van der Waals surface area contributed by atoms with Crippen molar-refractivity contribution in [3.63, 3.8) is 0 Å². The summed E-state index contributed by atoms with van der Waals surface area (Å²) in [6.07, 6.45) is 71.8. The fourth-order valence-electron chi connectivity index (χ4n) is 9.27. The molecule has 1 amide bonds. The van der Waals surface area contributed by atoms with E-state index >= 15 is 0 Å². The highest BCUT2D eigenvalue weighted by Gasteiger charge is 2.18. The molecule has 0 aliphatic carbocycles. The van der Waals surface area contributed by atoms with Gasteiger partial charge in [0.2, 0.25) is 5.91 Å². The molecule has 2 atom stereocenters. The first-order chi connectivity index (χ1) is 33.5. The summed E-state index contributed by atoms with van der Waals surface area (Å²) in [7, 11) is 0. The van der Waals surface area contributed by atoms with Crippen molar-refractivity contribution in [1.82, 2.24) is 5.32 Å². The van der Waals surface area contributed by atoms with Crippen LogP contribution in [-0.4, -0.2) is 47.4 Å². The van der Waals surface area contributed by atoms with Crippen LogP contribution in [0.4, 0.5) is 0 Å². The van der Waals surface area contributed by atoms with Gasteiger partial charge in [0, 0.05) is 12.8 Å². The lowest BCUT2D eigenvalue weighted by atomic mass is 10.0. The Morgan fingerprint density at radius 1 is 0.412 bits per heavy atom. The van der Waals surface area contributed by atoms with Crippen molar-refractivity contribution >= 4 is 11.9 Å². The highest BCUT2D eigenvalue weighted by molar-refractivity contribution is 5.76. The topological polar surface area (TPSA) is 95.9 Å². The number of hydrogen-bond acceptors (Lipinski definition) is 5. The Morgan fingerprint density at radius 3 is 1.09 bits per heavy atom. The number of hydrogen-bond donors (Lipinski definition) is 3. The summed E-state index contributed by atoms with van der Waals surface area (Å²) >= 11 is 0. The number of ether oxygens (including phenoxy) is 1. The molecule has 6 nitrogen and oxygen atoms in total. The first-order valence-electron chi connectivity index (χ1n) is 30.3. The van der Waals surface area contributed by atoms with Crippen molar-refractivity contribution in [2.45, 2.75) is 334 Å². The Kier molecular flexibility index (Phi) is 56.0. The minimum absolute atomic E-state index is 0.0219. The molecule has 0 saturated carbocycles. The molecular formula is C62H117NO5. The van der Waals surface area contributed by atoms with Gasteiger partial charge in [-0.15, -0.1) is 0 Å². The van der Waals surface area contributed by atoms with Crippen LogP contribution in [0.25, 0.3) is 0 Å². The first kappa shape index (κ1) is 66.1. The lowest BCUT2D eigenvalue weighted by molar-refractivity contribution is -0.143. The lowest BCUT2D eigenvalue weighted by Crippen LogP contribution is -2.45. The monoisotopic (exact) mass is 956 g/mol. The van der Waals surface area contributed by atoms with E-state index in [2.05, 4.69) is 43.5 Å². The fraction of sp³-hybridized carbons (Fsp3) is 0.871. The fourth-order valence-corrected chi connectivity index (χ4v) is 9.27. The quantitative estimate of drug-likeness (QED) is 0.0244. The Morgan fingerprint density at radius 2 is 0.721 bits per heavy atom. The van der Waals surface area contributed by atoms with Crippen LogP contribution in [0.2, 0.25) is 0 Å². The average Bonchev–Trinajstić information content (AvgIpc) is 3.34. The first-order valence-corrected chi connectivity index (χ1v) is 30.3. The molecule has 0 aliphatic heterocycles. The van der Waals surface area contributed by atoms with Crippen LogP contribution in [0.5, 0.6) is 0 Å². The van der Waals surface area contributed by atoms with Crippen molar-refractivity contribution < 1.29 is 24.5 Å². The largest absolute Gasteiger partial charge is 0.466 e. The van der Waals surface area contributed by atoms with Gasteiger partial charge in [-0.25, -0.2) is 0 Å². The van der Waals surface area contributed by atoms with Crippen molar-refractivity contribution in [3.8, 4) is 0 Å². The normalized spacial score (nSPS) is 12.8. The van der Waals surface area contributed by atoms with Gasteiger partial charge in [0.1, 0.15) is 0 Å². The summed E-state index contributed by atoms with van der Waals surface area (Å²) in [6.45, 7) is 4.86. The molecule has 0 bridgehead atoms. The van der Waals surface area contributed by atoms with Gasteiger partial charge >= 0.3 is 5.97 Å². The predicted octanol–water partition coefficient (Wildman–Crippen LogP) is 18.8. The lowest BCUT2D eigenvalue weighted by Gasteiger charge is -2.20. The van der Waals surface area contributed by atoms with Gasteiger partial charge < -0.3 is 20.3 Å². The molecular weight excluding hydrogens is 839 g/mol. The van der Waals surface area contributed by atoms with Gasteiger partial charge in [-0.1, -0.05) is 281 Å². The standard InChI is InChI=1S/C62H117NO5/c1-3-5-7-9-11-13-15-17-18-19-20-21-22-23-24-25-26-28-31-34-38-42-46-50-54-60(65)59(58-64)63-61(66)55-51-47-43-39-35-32-29-27-30-33-37-41-45-49-53-57-68-62(67)56-52-48-44-40-36-16-14-12-10-8-6-4-2/h27,30,33,37,50,54,59-60,64-65H,3-26,28-29,31-32,34-36,38-49,51-53,55-58H2,1-2H3,(H,63,66)/b30-27-,37-33-,54-50+. The van der Waals surface area contributed by atoms with Crippen molar-refractivity contribution in [2.75, 3.05) is 13.2 Å². The third kappa shape index (κ3) is 53.4. The average molecular weight is 957 g/mol. The zero-order valence-corrected chi connectivity index (χ0v) is 45.6. The van der Waals surface area contributed by atoms with Crippen molar-refractivity contribution in [3.05, 3.63) is 36.5 Å². The molecule has 3 N–H and O–H groups in total. The van der Waals surface area contributed by atoms with Crippen molar-refractivity contribution in [1.29, 1.82) is 0 Å². The molecule has 0 rings (SSSR count). The van der Waals surface area contributed by atoms with Crippen LogP contribution in [0.3, 0.4) is 0 Å². The summed E-state index contributed by atoms with van der Waals surface area (Å²) in [6, 6.07) is -0.646. The zero-order chi connectivity index (χ0) is 49.3. The minimum Gasteiger partial charge on any atom is -0.466 e. The number of carbonyl (C=O) groups is 2. The second-order valence-corrected chi connectivity index (χ2v) is 20.7. The highest BCUT2D eigenvalue weighted by Crippen LogP contribution is 2.17. The van der Waals surface area contributed by atoms with Gasteiger partial charge in [-0.05, 0) is 64.2 Å². The summed E-state index contributed by atoms with van der Waals surface area (Å²) in [5.41, 5.74) is 0. The van der Waals surface area contributed by atoms with Crippen LogP contribution in [0.1, 0.15) is 322 Å². The summed E-state index contributed by atoms with van der Waals surface area (Å²) < 4.78 is 5.44. The van der Waals surface area contributed by atoms with E-state index in [1.165, 1.54) is 218 Å². The maximum atomic E-state index is 12.5. The maximum Gasteiger partial charge on any atom is 0.305 e. The Hall–Kier alpha value is -1.92. The van der Waals surface area contributed by atoms with Crippen LogP contribution >= 0.6 is 0 Å². The Labute approximate surface area is 424 Å². The third-order valence-electron chi connectivity index (χ3n) is 13.9.